The Morgan fingerprint density at radius 3 is 2.33 bits per heavy atom. The summed E-state index contributed by atoms with van der Waals surface area (Å²) in [5.41, 5.74) is 0.756. The van der Waals surface area contributed by atoms with E-state index in [1.165, 1.54) is 12.1 Å². The number of carboxylic acid groups (broad SMARTS) is 1. The van der Waals surface area contributed by atoms with Crippen molar-refractivity contribution in [3.8, 4) is 0 Å². The molecule has 2 heterocycles. The quantitative estimate of drug-likeness (QED) is 0.887. The van der Waals surface area contributed by atoms with Crippen LogP contribution in [0.25, 0.3) is 0 Å². The van der Waals surface area contributed by atoms with Crippen molar-refractivity contribution in [2.24, 2.45) is 0 Å². The molecule has 2 amide bonds. The number of aromatic carboxylic acids is 1. The predicted molar refractivity (Wildman–Crippen MR) is 88.2 cm³/mol. The first-order chi connectivity index (χ1) is 11.6. The summed E-state index contributed by atoms with van der Waals surface area (Å²) in [5, 5.41) is 11.7. The Hall–Kier alpha value is -3.16. The van der Waals surface area contributed by atoms with Crippen LogP contribution in [0.15, 0.2) is 42.9 Å². The van der Waals surface area contributed by atoms with E-state index in [-0.39, 0.29) is 11.6 Å². The van der Waals surface area contributed by atoms with Gasteiger partial charge in [-0.1, -0.05) is 0 Å². The number of hydrogen-bond acceptors (Lipinski definition) is 5. The largest absolute Gasteiger partial charge is 0.478 e. The molecule has 0 bridgehead atoms. The van der Waals surface area contributed by atoms with Crippen molar-refractivity contribution in [2.75, 3.05) is 36.4 Å². The van der Waals surface area contributed by atoms with Crippen LogP contribution in [0.2, 0.25) is 0 Å². The van der Waals surface area contributed by atoms with Crippen LogP contribution >= 0.6 is 0 Å². The molecule has 24 heavy (non-hydrogen) atoms. The highest BCUT2D eigenvalue weighted by Crippen LogP contribution is 2.14. The molecule has 2 aromatic rings. The second kappa shape index (κ2) is 6.95. The molecule has 1 saturated heterocycles. The van der Waals surface area contributed by atoms with Gasteiger partial charge in [-0.05, 0) is 24.3 Å². The lowest BCUT2D eigenvalue weighted by Crippen LogP contribution is -2.50. The van der Waals surface area contributed by atoms with Crippen LogP contribution in [0, 0.1) is 0 Å². The summed E-state index contributed by atoms with van der Waals surface area (Å²) in [5.74, 6) is -0.185. The van der Waals surface area contributed by atoms with Gasteiger partial charge in [0.1, 0.15) is 5.82 Å². The number of aromatic nitrogens is 2. The highest BCUT2D eigenvalue weighted by Gasteiger charge is 2.22. The van der Waals surface area contributed by atoms with E-state index in [1.807, 2.05) is 0 Å². The summed E-state index contributed by atoms with van der Waals surface area (Å²) in [7, 11) is 0. The lowest BCUT2D eigenvalue weighted by atomic mass is 10.2. The Bertz CT molecular complexity index is 712. The van der Waals surface area contributed by atoms with Gasteiger partial charge < -0.3 is 20.2 Å². The maximum atomic E-state index is 12.3. The van der Waals surface area contributed by atoms with Crippen molar-refractivity contribution in [3.63, 3.8) is 0 Å². The number of piperazine rings is 1. The molecule has 2 N–H and O–H groups in total. The van der Waals surface area contributed by atoms with E-state index >= 15 is 0 Å². The first-order valence-electron chi connectivity index (χ1n) is 7.54. The first kappa shape index (κ1) is 15.7. The number of nitrogens with zero attached hydrogens (tertiary/aromatic N) is 4. The number of urea groups is 1. The summed E-state index contributed by atoms with van der Waals surface area (Å²) < 4.78 is 0. The van der Waals surface area contributed by atoms with Gasteiger partial charge in [0, 0.05) is 44.3 Å². The fourth-order valence-corrected chi connectivity index (χ4v) is 2.49. The van der Waals surface area contributed by atoms with Crippen molar-refractivity contribution >= 4 is 23.5 Å². The van der Waals surface area contributed by atoms with Crippen LogP contribution in [0.4, 0.5) is 16.3 Å². The lowest BCUT2D eigenvalue weighted by Gasteiger charge is -2.35. The number of hydrogen-bond donors (Lipinski definition) is 2. The molecule has 8 nitrogen and oxygen atoms in total. The molecule has 0 saturated carbocycles. The van der Waals surface area contributed by atoms with Gasteiger partial charge in [0.2, 0.25) is 0 Å². The van der Waals surface area contributed by atoms with E-state index in [0.29, 0.717) is 31.9 Å². The standard InChI is InChI=1S/C16H17N5O3/c22-15(23)12-1-3-13(4-2-12)19-16(24)21-9-7-20(8-10-21)14-11-17-5-6-18-14/h1-6,11H,7-10H2,(H,19,24)(H,22,23). The molecule has 0 atom stereocenters. The molecule has 1 aromatic carbocycles. The zero-order valence-corrected chi connectivity index (χ0v) is 12.9. The third-order valence-corrected chi connectivity index (χ3v) is 3.82. The maximum absolute atomic E-state index is 12.3. The summed E-state index contributed by atoms with van der Waals surface area (Å²) in [4.78, 5) is 35.2. The van der Waals surface area contributed by atoms with Crippen LogP contribution in [-0.2, 0) is 0 Å². The molecule has 1 fully saturated rings. The number of rotatable bonds is 3. The second-order valence-electron chi connectivity index (χ2n) is 5.35. The summed E-state index contributed by atoms with van der Waals surface area (Å²) in [6.45, 7) is 2.53. The van der Waals surface area contributed by atoms with E-state index in [9.17, 15) is 9.59 Å². The Morgan fingerprint density at radius 1 is 1.04 bits per heavy atom. The van der Waals surface area contributed by atoms with Crippen molar-refractivity contribution in [3.05, 3.63) is 48.4 Å². The van der Waals surface area contributed by atoms with Gasteiger partial charge >= 0.3 is 12.0 Å². The minimum absolute atomic E-state index is 0.186. The van der Waals surface area contributed by atoms with E-state index in [2.05, 4.69) is 20.2 Å². The van der Waals surface area contributed by atoms with Crippen LogP contribution in [0.5, 0.6) is 0 Å². The number of anilines is 2. The Balaban J connectivity index is 1.54. The monoisotopic (exact) mass is 327 g/mol. The lowest BCUT2D eigenvalue weighted by molar-refractivity contribution is 0.0697. The molecule has 8 heteroatoms. The van der Waals surface area contributed by atoms with Gasteiger partial charge in [0.05, 0.1) is 11.8 Å². The van der Waals surface area contributed by atoms with Crippen molar-refractivity contribution < 1.29 is 14.7 Å². The summed E-state index contributed by atoms with van der Waals surface area (Å²) in [6.07, 6.45) is 4.98. The van der Waals surface area contributed by atoms with Crippen molar-refractivity contribution in [2.45, 2.75) is 0 Å². The summed E-state index contributed by atoms with van der Waals surface area (Å²) in [6, 6.07) is 5.89. The fourth-order valence-electron chi connectivity index (χ4n) is 2.49. The topological polar surface area (TPSA) is 98.7 Å². The van der Waals surface area contributed by atoms with Gasteiger partial charge in [-0.2, -0.15) is 0 Å². The fraction of sp³-hybridized carbons (Fsp3) is 0.250. The number of carbonyl (C=O) groups is 2. The minimum Gasteiger partial charge on any atom is -0.478 e. The highest BCUT2D eigenvalue weighted by molar-refractivity contribution is 5.91. The average molecular weight is 327 g/mol. The van der Waals surface area contributed by atoms with Gasteiger partial charge in [0.15, 0.2) is 0 Å². The molecule has 124 valence electrons. The number of carboxylic acids is 1. The average Bonchev–Trinajstić information content (AvgIpc) is 2.63. The van der Waals surface area contributed by atoms with Crippen LogP contribution in [0.1, 0.15) is 10.4 Å². The normalized spacial score (nSPS) is 14.3. The Labute approximate surface area is 138 Å². The van der Waals surface area contributed by atoms with Crippen LogP contribution in [-0.4, -0.2) is 58.2 Å². The molecule has 3 rings (SSSR count). The minimum atomic E-state index is -0.993. The van der Waals surface area contributed by atoms with Crippen LogP contribution in [0.3, 0.4) is 0 Å². The second-order valence-corrected chi connectivity index (χ2v) is 5.35. The Morgan fingerprint density at radius 2 is 1.75 bits per heavy atom. The number of carbonyl (C=O) groups excluding carboxylic acids is 1. The molecule has 0 aliphatic carbocycles. The van der Waals surface area contributed by atoms with Crippen molar-refractivity contribution in [1.29, 1.82) is 0 Å². The van der Waals surface area contributed by atoms with E-state index in [4.69, 9.17) is 5.11 Å². The third-order valence-electron chi connectivity index (χ3n) is 3.82. The molecular formula is C16H17N5O3. The van der Waals surface area contributed by atoms with E-state index in [1.54, 1.807) is 35.6 Å². The molecule has 1 aliphatic heterocycles. The van der Waals surface area contributed by atoms with Gasteiger partial charge in [0.25, 0.3) is 0 Å². The zero-order chi connectivity index (χ0) is 16.9. The zero-order valence-electron chi connectivity index (χ0n) is 12.9. The van der Waals surface area contributed by atoms with E-state index < -0.39 is 5.97 Å². The van der Waals surface area contributed by atoms with Crippen LogP contribution < -0.4 is 10.2 Å². The molecule has 1 aromatic heterocycles. The maximum Gasteiger partial charge on any atom is 0.335 e. The molecular weight excluding hydrogens is 310 g/mol. The molecule has 0 radical (unpaired) electrons. The number of nitrogens with one attached hydrogen (secondary N) is 1. The van der Waals surface area contributed by atoms with E-state index in [0.717, 1.165) is 5.82 Å². The number of amides is 2. The summed E-state index contributed by atoms with van der Waals surface area (Å²) >= 11 is 0. The van der Waals surface area contributed by atoms with Gasteiger partial charge in [-0.3, -0.25) is 4.98 Å². The molecule has 0 unspecified atom stereocenters. The van der Waals surface area contributed by atoms with Gasteiger partial charge in [-0.25, -0.2) is 14.6 Å². The smallest absolute Gasteiger partial charge is 0.335 e. The SMILES string of the molecule is O=C(O)c1ccc(NC(=O)N2CCN(c3cnccn3)CC2)cc1. The Kier molecular flexibility index (Phi) is 4.55. The third kappa shape index (κ3) is 3.60. The number of benzene rings is 1. The van der Waals surface area contributed by atoms with Gasteiger partial charge in [-0.15, -0.1) is 0 Å². The predicted octanol–water partition coefficient (Wildman–Crippen LogP) is 1.53. The van der Waals surface area contributed by atoms with Crippen molar-refractivity contribution in [1.82, 2.24) is 14.9 Å². The molecule has 1 aliphatic rings. The molecule has 0 spiro atoms. The first-order valence-corrected chi connectivity index (χ1v) is 7.54. The highest BCUT2D eigenvalue weighted by atomic mass is 16.4.